The van der Waals surface area contributed by atoms with Gasteiger partial charge in [-0.15, -0.1) is 0 Å². The molecule has 3 heterocycles. The van der Waals surface area contributed by atoms with E-state index in [1.54, 1.807) is 7.11 Å². The van der Waals surface area contributed by atoms with Crippen molar-refractivity contribution in [3.05, 3.63) is 65.8 Å². The molecule has 3 aliphatic heterocycles. The second kappa shape index (κ2) is 5.83. The van der Waals surface area contributed by atoms with Crippen LogP contribution in [0.25, 0.3) is 0 Å². The number of piperidine rings is 1. The molecule has 1 aromatic carbocycles. The van der Waals surface area contributed by atoms with E-state index < -0.39 is 11.0 Å². The molecule has 1 spiro atoms. The number of rotatable bonds is 2. The number of fused-ring (bicyclic) bond motifs is 4. The maximum atomic E-state index is 13.4. The number of ether oxygens (including phenoxy) is 2. The standard InChI is InChI=1S/C23H25NO3/c1-16-11-13-24-15-23(20(24)14-16)19-6-4-3-5-12-22(19,21(25)27-23)17-7-9-18(26-2)10-8-17/h3-10,12,16,20H,11,13-15H2,1-2H3/t16-,20+,22+,23-/m1/s1. The molecule has 4 heteroatoms. The summed E-state index contributed by atoms with van der Waals surface area (Å²) in [6.45, 7) is 4.21. The Balaban J connectivity index is 1.63. The maximum Gasteiger partial charge on any atom is 0.325 e. The highest BCUT2D eigenvalue weighted by Crippen LogP contribution is 2.57. The van der Waals surface area contributed by atoms with Gasteiger partial charge in [0.15, 0.2) is 5.60 Å². The zero-order valence-corrected chi connectivity index (χ0v) is 15.9. The minimum atomic E-state index is -0.845. The lowest BCUT2D eigenvalue weighted by molar-refractivity contribution is -0.182. The van der Waals surface area contributed by atoms with Crippen molar-refractivity contribution in [3.8, 4) is 5.75 Å². The number of carbonyl (C=O) groups is 1. The van der Waals surface area contributed by atoms with Gasteiger partial charge in [0.25, 0.3) is 0 Å². The second-order valence-corrected chi connectivity index (χ2v) is 8.26. The number of esters is 1. The maximum absolute atomic E-state index is 13.4. The Labute approximate surface area is 160 Å². The average Bonchev–Trinajstić information content (AvgIpc) is 2.82. The van der Waals surface area contributed by atoms with Crippen LogP contribution >= 0.6 is 0 Å². The molecular formula is C23H25NO3. The molecule has 0 saturated carbocycles. The molecular weight excluding hydrogens is 338 g/mol. The summed E-state index contributed by atoms with van der Waals surface area (Å²) in [6, 6.07) is 8.10. The first kappa shape index (κ1) is 16.8. The summed E-state index contributed by atoms with van der Waals surface area (Å²) in [5.74, 6) is 1.29. The summed E-state index contributed by atoms with van der Waals surface area (Å²) in [5, 5.41) is 0. The molecule has 4 nitrogen and oxygen atoms in total. The van der Waals surface area contributed by atoms with Crippen molar-refractivity contribution < 1.29 is 14.3 Å². The van der Waals surface area contributed by atoms with Gasteiger partial charge in [0.2, 0.25) is 0 Å². The van der Waals surface area contributed by atoms with E-state index in [0.29, 0.717) is 5.92 Å². The summed E-state index contributed by atoms with van der Waals surface area (Å²) in [4.78, 5) is 15.9. The molecule has 3 fully saturated rings. The molecule has 0 amide bonds. The van der Waals surface area contributed by atoms with Crippen LogP contribution in [0.15, 0.2) is 60.2 Å². The highest BCUT2D eigenvalue weighted by Gasteiger charge is 2.69. The fraction of sp³-hybridized carbons (Fsp3) is 0.435. The fourth-order valence-corrected chi connectivity index (χ4v) is 5.34. The van der Waals surface area contributed by atoms with Crippen LogP contribution in [0.3, 0.4) is 0 Å². The van der Waals surface area contributed by atoms with Gasteiger partial charge in [-0.1, -0.05) is 49.4 Å². The van der Waals surface area contributed by atoms with Crippen LogP contribution in [-0.2, 0) is 14.9 Å². The Morgan fingerprint density at radius 2 is 2.00 bits per heavy atom. The third-order valence-electron chi connectivity index (χ3n) is 6.81. The van der Waals surface area contributed by atoms with E-state index in [-0.39, 0.29) is 12.0 Å². The van der Waals surface area contributed by atoms with Crippen LogP contribution in [0.1, 0.15) is 25.3 Å². The predicted octanol–water partition coefficient (Wildman–Crippen LogP) is 3.40. The largest absolute Gasteiger partial charge is 0.497 e. The molecule has 27 heavy (non-hydrogen) atoms. The number of allylic oxidation sites excluding steroid dienone is 4. The number of methoxy groups -OCH3 is 1. The number of carbonyl (C=O) groups excluding carboxylic acids is 1. The van der Waals surface area contributed by atoms with Gasteiger partial charge in [-0.25, -0.2) is 0 Å². The van der Waals surface area contributed by atoms with Gasteiger partial charge < -0.3 is 9.47 Å². The van der Waals surface area contributed by atoms with E-state index in [1.165, 1.54) is 6.42 Å². The monoisotopic (exact) mass is 363 g/mol. The Morgan fingerprint density at radius 1 is 1.19 bits per heavy atom. The molecule has 0 N–H and O–H groups in total. The first-order valence-corrected chi connectivity index (χ1v) is 9.79. The Morgan fingerprint density at radius 3 is 2.78 bits per heavy atom. The Bertz CT molecular complexity index is 868. The summed E-state index contributed by atoms with van der Waals surface area (Å²) >= 11 is 0. The molecule has 1 aromatic rings. The molecule has 5 rings (SSSR count). The van der Waals surface area contributed by atoms with Crippen LogP contribution in [0.5, 0.6) is 5.75 Å². The number of hydrogen-bond donors (Lipinski definition) is 0. The minimum Gasteiger partial charge on any atom is -0.497 e. The fourth-order valence-electron chi connectivity index (χ4n) is 5.34. The lowest BCUT2D eigenvalue weighted by Gasteiger charge is -2.58. The average molecular weight is 363 g/mol. The van der Waals surface area contributed by atoms with Crippen molar-refractivity contribution in [2.45, 2.75) is 36.8 Å². The van der Waals surface area contributed by atoms with Crippen molar-refractivity contribution in [3.63, 3.8) is 0 Å². The molecule has 0 radical (unpaired) electrons. The summed E-state index contributed by atoms with van der Waals surface area (Å²) in [5.41, 5.74) is 0.692. The van der Waals surface area contributed by atoms with Crippen molar-refractivity contribution in [2.24, 2.45) is 5.92 Å². The van der Waals surface area contributed by atoms with Gasteiger partial charge in [-0.05, 0) is 43.0 Å². The number of nitrogens with zero attached hydrogens (tertiary/aromatic N) is 1. The SMILES string of the molecule is COc1ccc([C@@]23C=CC=CC=C2[C@@]2(CN4CC[C@@H](C)C[C@H]42)OC3=O)cc1. The van der Waals surface area contributed by atoms with Crippen LogP contribution in [0, 0.1) is 5.92 Å². The second-order valence-electron chi connectivity index (χ2n) is 8.26. The number of benzene rings is 1. The van der Waals surface area contributed by atoms with E-state index in [0.717, 1.165) is 36.4 Å². The van der Waals surface area contributed by atoms with Crippen molar-refractivity contribution in [1.29, 1.82) is 0 Å². The van der Waals surface area contributed by atoms with E-state index >= 15 is 0 Å². The lowest BCUT2D eigenvalue weighted by Crippen LogP contribution is -2.72. The molecule has 4 aliphatic rings. The molecule has 0 unspecified atom stereocenters. The molecule has 3 saturated heterocycles. The van der Waals surface area contributed by atoms with Crippen LogP contribution < -0.4 is 4.74 Å². The third kappa shape index (κ3) is 2.16. The van der Waals surface area contributed by atoms with Crippen LogP contribution in [0.4, 0.5) is 0 Å². The van der Waals surface area contributed by atoms with Gasteiger partial charge in [-0.3, -0.25) is 9.69 Å². The van der Waals surface area contributed by atoms with Crippen molar-refractivity contribution in [1.82, 2.24) is 4.90 Å². The van der Waals surface area contributed by atoms with E-state index in [1.807, 2.05) is 48.6 Å². The minimum absolute atomic E-state index is 0.156. The van der Waals surface area contributed by atoms with Crippen molar-refractivity contribution in [2.75, 3.05) is 20.2 Å². The highest BCUT2D eigenvalue weighted by molar-refractivity contribution is 5.95. The predicted molar refractivity (Wildman–Crippen MR) is 104 cm³/mol. The van der Waals surface area contributed by atoms with Crippen molar-refractivity contribution >= 4 is 5.97 Å². The normalized spacial score (nSPS) is 37.1. The molecule has 0 bridgehead atoms. The topological polar surface area (TPSA) is 38.8 Å². The summed E-state index contributed by atoms with van der Waals surface area (Å²) < 4.78 is 11.6. The van der Waals surface area contributed by atoms with Crippen LogP contribution in [-0.4, -0.2) is 42.7 Å². The molecule has 0 aromatic heterocycles. The highest BCUT2D eigenvalue weighted by atomic mass is 16.6. The third-order valence-corrected chi connectivity index (χ3v) is 6.81. The van der Waals surface area contributed by atoms with E-state index in [4.69, 9.17) is 9.47 Å². The molecule has 4 atom stereocenters. The summed E-state index contributed by atoms with van der Waals surface area (Å²) in [6.07, 6.45) is 12.4. The van der Waals surface area contributed by atoms with Gasteiger partial charge in [-0.2, -0.15) is 0 Å². The first-order valence-electron chi connectivity index (χ1n) is 9.79. The lowest BCUT2D eigenvalue weighted by atomic mass is 9.63. The van der Waals surface area contributed by atoms with Crippen LogP contribution in [0.2, 0.25) is 0 Å². The summed E-state index contributed by atoms with van der Waals surface area (Å²) in [7, 11) is 1.65. The number of hydrogen-bond acceptors (Lipinski definition) is 4. The van der Waals surface area contributed by atoms with E-state index in [2.05, 4.69) is 17.9 Å². The van der Waals surface area contributed by atoms with Gasteiger partial charge in [0.1, 0.15) is 11.2 Å². The Kier molecular flexibility index (Phi) is 3.63. The molecule has 140 valence electrons. The molecule has 1 aliphatic carbocycles. The zero-order chi connectivity index (χ0) is 18.6. The quantitative estimate of drug-likeness (QED) is 0.755. The van der Waals surface area contributed by atoms with Gasteiger partial charge in [0, 0.05) is 12.1 Å². The van der Waals surface area contributed by atoms with Gasteiger partial charge >= 0.3 is 5.97 Å². The smallest absolute Gasteiger partial charge is 0.325 e. The van der Waals surface area contributed by atoms with E-state index in [9.17, 15) is 4.79 Å². The zero-order valence-electron chi connectivity index (χ0n) is 15.9. The van der Waals surface area contributed by atoms with Gasteiger partial charge in [0.05, 0.1) is 13.2 Å². The first-order chi connectivity index (χ1) is 13.1. The Hall–Kier alpha value is -2.33.